The first-order chi connectivity index (χ1) is 15.8. The summed E-state index contributed by atoms with van der Waals surface area (Å²) in [5, 5.41) is 2.91. The van der Waals surface area contributed by atoms with E-state index in [0.29, 0.717) is 13.0 Å². The fourth-order valence-corrected chi connectivity index (χ4v) is 4.24. The summed E-state index contributed by atoms with van der Waals surface area (Å²) >= 11 is 0. The smallest absolute Gasteiger partial charge is 0.290 e. The second kappa shape index (κ2) is 9.32. The van der Waals surface area contributed by atoms with Crippen LogP contribution in [0.5, 0.6) is 0 Å². The van der Waals surface area contributed by atoms with Gasteiger partial charge in [0.2, 0.25) is 11.8 Å². The van der Waals surface area contributed by atoms with Crippen LogP contribution in [0.3, 0.4) is 0 Å². The predicted molar refractivity (Wildman–Crippen MR) is 125 cm³/mol. The molecule has 33 heavy (non-hydrogen) atoms. The molecule has 0 saturated heterocycles. The number of amides is 3. The van der Waals surface area contributed by atoms with E-state index in [0.717, 1.165) is 27.9 Å². The molecule has 0 bridgehead atoms. The van der Waals surface area contributed by atoms with E-state index in [1.807, 2.05) is 56.3 Å². The summed E-state index contributed by atoms with van der Waals surface area (Å²) in [6, 6.07) is 16.1. The quantitative estimate of drug-likeness (QED) is 0.651. The number of hydrogen-bond acceptors (Lipinski definition) is 4. The lowest BCUT2D eigenvalue weighted by atomic mass is 9.93. The molecule has 0 aliphatic carbocycles. The molecular weight excluding hydrogens is 418 g/mol. The van der Waals surface area contributed by atoms with Gasteiger partial charge in [-0.05, 0) is 48.2 Å². The van der Waals surface area contributed by atoms with Crippen molar-refractivity contribution in [3.63, 3.8) is 0 Å². The number of para-hydroxylation sites is 1. The minimum atomic E-state index is -0.726. The van der Waals surface area contributed by atoms with Crippen LogP contribution in [0.4, 0.5) is 5.69 Å². The second-order valence-electron chi connectivity index (χ2n) is 8.41. The molecule has 0 radical (unpaired) electrons. The number of furan rings is 1. The fraction of sp³-hybridized carbons (Fsp3) is 0.269. The first-order valence-electron chi connectivity index (χ1n) is 10.9. The largest absolute Gasteiger partial charge is 0.459 e. The Morgan fingerprint density at radius 2 is 1.70 bits per heavy atom. The molecule has 0 fully saturated rings. The molecule has 3 aromatic rings. The Morgan fingerprint density at radius 1 is 1.00 bits per heavy atom. The maximum atomic E-state index is 13.4. The SMILES string of the molecule is Cc1cccc(C)c1NC(=O)CN(C)C(=O)C1Cc2ccccc2CN1C(=O)c1ccco1. The number of carbonyl (C=O) groups excluding carboxylic acids is 3. The second-order valence-corrected chi connectivity index (χ2v) is 8.41. The molecule has 7 heteroatoms. The molecule has 0 saturated carbocycles. The van der Waals surface area contributed by atoms with Crippen LogP contribution >= 0.6 is 0 Å². The van der Waals surface area contributed by atoms with E-state index in [4.69, 9.17) is 4.42 Å². The van der Waals surface area contributed by atoms with Crippen LogP contribution < -0.4 is 5.32 Å². The lowest BCUT2D eigenvalue weighted by molar-refractivity contribution is -0.137. The zero-order valence-electron chi connectivity index (χ0n) is 19.0. The van der Waals surface area contributed by atoms with Gasteiger partial charge in [-0.15, -0.1) is 0 Å². The summed E-state index contributed by atoms with van der Waals surface area (Å²) in [5.41, 5.74) is 4.68. The maximum Gasteiger partial charge on any atom is 0.290 e. The third-order valence-electron chi connectivity index (χ3n) is 6.03. The Hall–Kier alpha value is -3.87. The summed E-state index contributed by atoms with van der Waals surface area (Å²) in [7, 11) is 1.59. The fourth-order valence-electron chi connectivity index (χ4n) is 4.24. The first-order valence-corrected chi connectivity index (χ1v) is 10.9. The van der Waals surface area contributed by atoms with Gasteiger partial charge in [0.1, 0.15) is 6.04 Å². The minimum absolute atomic E-state index is 0.118. The molecule has 1 N–H and O–H groups in total. The molecule has 3 amide bonds. The lowest BCUT2D eigenvalue weighted by Gasteiger charge is -2.37. The Bertz CT molecular complexity index is 1170. The Labute approximate surface area is 193 Å². The molecule has 2 aromatic carbocycles. The number of rotatable bonds is 5. The van der Waals surface area contributed by atoms with E-state index < -0.39 is 6.04 Å². The number of benzene rings is 2. The Balaban J connectivity index is 1.52. The van der Waals surface area contributed by atoms with Gasteiger partial charge < -0.3 is 19.5 Å². The maximum absolute atomic E-state index is 13.4. The van der Waals surface area contributed by atoms with Crippen LogP contribution in [-0.2, 0) is 22.6 Å². The van der Waals surface area contributed by atoms with Gasteiger partial charge in [-0.25, -0.2) is 0 Å². The zero-order valence-corrected chi connectivity index (χ0v) is 19.0. The highest BCUT2D eigenvalue weighted by atomic mass is 16.3. The van der Waals surface area contributed by atoms with Gasteiger partial charge in [-0.2, -0.15) is 0 Å². The molecule has 1 aromatic heterocycles. The molecule has 0 spiro atoms. The van der Waals surface area contributed by atoms with Crippen molar-refractivity contribution in [3.05, 3.63) is 88.9 Å². The van der Waals surface area contributed by atoms with Gasteiger partial charge in [-0.3, -0.25) is 14.4 Å². The first kappa shape index (κ1) is 22.3. The van der Waals surface area contributed by atoms with Crippen molar-refractivity contribution in [1.29, 1.82) is 0 Å². The van der Waals surface area contributed by atoms with Gasteiger partial charge in [0, 0.05) is 25.7 Å². The topological polar surface area (TPSA) is 82.9 Å². The van der Waals surface area contributed by atoms with Crippen molar-refractivity contribution < 1.29 is 18.8 Å². The highest BCUT2D eigenvalue weighted by molar-refractivity contribution is 5.99. The van der Waals surface area contributed by atoms with Crippen molar-refractivity contribution in [2.24, 2.45) is 0 Å². The number of aryl methyl sites for hydroxylation is 2. The summed E-state index contributed by atoms with van der Waals surface area (Å²) in [6.45, 7) is 4.03. The molecule has 1 atom stereocenters. The lowest BCUT2D eigenvalue weighted by Crippen LogP contribution is -2.53. The molecule has 7 nitrogen and oxygen atoms in total. The monoisotopic (exact) mass is 445 g/mol. The Kier molecular flexibility index (Phi) is 6.31. The predicted octanol–water partition coefficient (Wildman–Crippen LogP) is 3.56. The highest BCUT2D eigenvalue weighted by Crippen LogP contribution is 2.26. The van der Waals surface area contributed by atoms with Crippen LogP contribution in [0, 0.1) is 13.8 Å². The normalized spacial score (nSPS) is 15.0. The summed E-state index contributed by atoms with van der Waals surface area (Å²) < 4.78 is 5.30. The summed E-state index contributed by atoms with van der Waals surface area (Å²) in [4.78, 5) is 42.2. The van der Waals surface area contributed by atoms with Crippen LogP contribution in [0.25, 0.3) is 0 Å². The molecule has 170 valence electrons. The van der Waals surface area contributed by atoms with Crippen LogP contribution in [0.2, 0.25) is 0 Å². The van der Waals surface area contributed by atoms with Crippen molar-refractivity contribution in [2.75, 3.05) is 18.9 Å². The number of anilines is 1. The average Bonchev–Trinajstić information content (AvgIpc) is 3.34. The number of nitrogens with zero attached hydrogens (tertiary/aromatic N) is 2. The van der Waals surface area contributed by atoms with E-state index >= 15 is 0 Å². The van der Waals surface area contributed by atoms with Gasteiger partial charge in [0.25, 0.3) is 5.91 Å². The molecule has 1 aliphatic rings. The average molecular weight is 446 g/mol. The van der Waals surface area contributed by atoms with E-state index in [9.17, 15) is 14.4 Å². The summed E-state index contributed by atoms with van der Waals surface area (Å²) in [5.74, 6) is -0.742. The van der Waals surface area contributed by atoms with Crippen molar-refractivity contribution in [3.8, 4) is 0 Å². The van der Waals surface area contributed by atoms with Gasteiger partial charge in [-0.1, -0.05) is 42.5 Å². The van der Waals surface area contributed by atoms with Crippen molar-refractivity contribution in [2.45, 2.75) is 32.9 Å². The zero-order chi connectivity index (χ0) is 23.5. The number of likely N-dealkylation sites (N-methyl/N-ethyl adjacent to an activating group) is 1. The molecule has 1 unspecified atom stereocenters. The van der Waals surface area contributed by atoms with E-state index in [-0.39, 0.29) is 30.0 Å². The van der Waals surface area contributed by atoms with Crippen LogP contribution in [0.1, 0.15) is 32.8 Å². The highest BCUT2D eigenvalue weighted by Gasteiger charge is 2.37. The molecule has 1 aliphatic heterocycles. The Morgan fingerprint density at radius 3 is 2.36 bits per heavy atom. The van der Waals surface area contributed by atoms with Gasteiger partial charge >= 0.3 is 0 Å². The number of nitrogens with one attached hydrogen (secondary N) is 1. The minimum Gasteiger partial charge on any atom is -0.459 e. The third kappa shape index (κ3) is 4.67. The van der Waals surface area contributed by atoms with Crippen LogP contribution in [-0.4, -0.2) is 47.2 Å². The standard InChI is InChI=1S/C26H27N3O4/c1-17-8-6-9-18(2)24(17)27-23(30)16-28(3)25(31)21-14-19-10-4-5-11-20(19)15-29(21)26(32)22-12-7-13-33-22/h4-13,21H,14-16H2,1-3H3,(H,27,30). The van der Waals surface area contributed by atoms with Gasteiger partial charge in [0.05, 0.1) is 12.8 Å². The number of fused-ring (bicyclic) bond motifs is 1. The van der Waals surface area contributed by atoms with Crippen molar-refractivity contribution in [1.82, 2.24) is 9.80 Å². The van der Waals surface area contributed by atoms with Crippen LogP contribution in [0.15, 0.2) is 65.3 Å². The summed E-state index contributed by atoms with van der Waals surface area (Å²) in [6.07, 6.45) is 1.82. The number of hydrogen-bond donors (Lipinski definition) is 1. The third-order valence-corrected chi connectivity index (χ3v) is 6.03. The molecule has 4 rings (SSSR count). The van der Waals surface area contributed by atoms with E-state index in [1.54, 1.807) is 19.2 Å². The van der Waals surface area contributed by atoms with E-state index in [1.165, 1.54) is 16.1 Å². The van der Waals surface area contributed by atoms with E-state index in [2.05, 4.69) is 5.32 Å². The molecule has 2 heterocycles. The number of carbonyl (C=O) groups is 3. The van der Waals surface area contributed by atoms with Crippen molar-refractivity contribution >= 4 is 23.4 Å². The van der Waals surface area contributed by atoms with Gasteiger partial charge in [0.15, 0.2) is 5.76 Å². The molecular formula is C26H27N3O4.